The molecule has 0 aliphatic heterocycles. The molecule has 0 saturated heterocycles. The molecule has 0 aromatic carbocycles. The van der Waals surface area contributed by atoms with Crippen molar-refractivity contribution in [2.45, 2.75) is 46.0 Å². The van der Waals surface area contributed by atoms with Gasteiger partial charge in [-0.25, -0.2) is 5.84 Å². The summed E-state index contributed by atoms with van der Waals surface area (Å²) in [6, 6.07) is 0. The third-order valence-corrected chi connectivity index (χ3v) is 2.06. The van der Waals surface area contributed by atoms with Gasteiger partial charge >= 0.3 is 0 Å². The number of nitrogens with one attached hydrogen (secondary N) is 1. The Morgan fingerprint density at radius 2 is 2.00 bits per heavy atom. The summed E-state index contributed by atoms with van der Waals surface area (Å²) in [5.74, 6) is 5.19. The first-order valence-electron chi connectivity index (χ1n) is 4.76. The molecule has 1 amide bonds. The lowest BCUT2D eigenvalue weighted by atomic mass is 9.96. The molecule has 0 aliphatic carbocycles. The second kappa shape index (κ2) is 7.10. The molecule has 1 unspecified atom stereocenters. The number of amides is 1. The van der Waals surface area contributed by atoms with Gasteiger partial charge < -0.3 is 0 Å². The van der Waals surface area contributed by atoms with Crippen LogP contribution in [0, 0.1) is 5.92 Å². The zero-order chi connectivity index (χ0) is 9.40. The quantitative estimate of drug-likeness (QED) is 0.363. The maximum absolute atomic E-state index is 11.2. The minimum atomic E-state index is -0.00898. The fraction of sp³-hybridized carbons (Fsp3) is 0.889. The van der Waals surface area contributed by atoms with E-state index in [1.807, 2.05) is 0 Å². The van der Waals surface area contributed by atoms with Crippen molar-refractivity contribution in [2.24, 2.45) is 11.8 Å². The number of carbonyl (C=O) groups excluding carboxylic acids is 1. The predicted octanol–water partition coefficient (Wildman–Crippen LogP) is 1.58. The van der Waals surface area contributed by atoms with Gasteiger partial charge in [0.05, 0.1) is 0 Å². The smallest absolute Gasteiger partial charge is 0.236 e. The van der Waals surface area contributed by atoms with Crippen LogP contribution in [0.2, 0.25) is 0 Å². The van der Waals surface area contributed by atoms with Crippen LogP contribution in [-0.2, 0) is 4.79 Å². The molecule has 0 aromatic rings. The third kappa shape index (κ3) is 4.34. The summed E-state index contributed by atoms with van der Waals surface area (Å²) in [7, 11) is 0. The highest BCUT2D eigenvalue weighted by Gasteiger charge is 2.14. The second-order valence-corrected chi connectivity index (χ2v) is 3.14. The van der Waals surface area contributed by atoms with E-state index in [9.17, 15) is 4.79 Å². The van der Waals surface area contributed by atoms with Crippen LogP contribution in [0.25, 0.3) is 0 Å². The minimum Gasteiger partial charge on any atom is -0.294 e. The number of unbranched alkanes of at least 4 members (excludes halogenated alkanes) is 1. The second-order valence-electron chi connectivity index (χ2n) is 3.14. The molecule has 0 aromatic heterocycles. The number of hydrogen-bond acceptors (Lipinski definition) is 2. The molecular formula is C9H20N2O. The highest BCUT2D eigenvalue weighted by Crippen LogP contribution is 2.14. The highest BCUT2D eigenvalue weighted by atomic mass is 16.2. The van der Waals surface area contributed by atoms with Crippen LogP contribution in [-0.4, -0.2) is 5.91 Å². The Morgan fingerprint density at radius 1 is 1.33 bits per heavy atom. The molecule has 0 aliphatic rings. The van der Waals surface area contributed by atoms with Gasteiger partial charge in [0, 0.05) is 5.92 Å². The first-order valence-corrected chi connectivity index (χ1v) is 4.76. The van der Waals surface area contributed by atoms with Crippen molar-refractivity contribution in [3.05, 3.63) is 0 Å². The largest absolute Gasteiger partial charge is 0.294 e. The molecule has 0 heterocycles. The van der Waals surface area contributed by atoms with E-state index in [-0.39, 0.29) is 11.8 Å². The topological polar surface area (TPSA) is 55.1 Å². The standard InChI is InChI=1S/C9H20N2O/c1-3-5-7-8(6-4-2)9(12)11-10/h8H,3-7,10H2,1-2H3,(H,11,12). The zero-order valence-electron chi connectivity index (χ0n) is 8.10. The molecule has 1 atom stereocenters. The summed E-state index contributed by atoms with van der Waals surface area (Å²) in [4.78, 5) is 11.2. The summed E-state index contributed by atoms with van der Waals surface area (Å²) in [5, 5.41) is 0. The van der Waals surface area contributed by atoms with E-state index < -0.39 is 0 Å². The van der Waals surface area contributed by atoms with Gasteiger partial charge in [0.25, 0.3) is 0 Å². The first-order chi connectivity index (χ1) is 5.76. The molecule has 12 heavy (non-hydrogen) atoms. The zero-order valence-corrected chi connectivity index (χ0v) is 8.10. The third-order valence-electron chi connectivity index (χ3n) is 2.06. The molecule has 3 N–H and O–H groups in total. The van der Waals surface area contributed by atoms with Gasteiger partial charge in [-0.1, -0.05) is 33.1 Å². The Hall–Kier alpha value is -0.570. The van der Waals surface area contributed by atoms with Gasteiger partial charge in [0.15, 0.2) is 0 Å². The minimum absolute atomic E-state index is 0.00898. The van der Waals surface area contributed by atoms with E-state index in [2.05, 4.69) is 19.3 Å². The van der Waals surface area contributed by atoms with Crippen LogP contribution in [0.1, 0.15) is 46.0 Å². The van der Waals surface area contributed by atoms with Gasteiger partial charge in [-0.15, -0.1) is 0 Å². The van der Waals surface area contributed by atoms with Crippen molar-refractivity contribution in [3.8, 4) is 0 Å². The number of rotatable bonds is 6. The van der Waals surface area contributed by atoms with Crippen LogP contribution >= 0.6 is 0 Å². The number of carbonyl (C=O) groups is 1. The summed E-state index contributed by atoms with van der Waals surface area (Å²) in [6.45, 7) is 4.21. The fourth-order valence-electron chi connectivity index (χ4n) is 1.32. The van der Waals surface area contributed by atoms with Crippen LogP contribution in [0.5, 0.6) is 0 Å². The first kappa shape index (κ1) is 11.4. The van der Waals surface area contributed by atoms with Crippen LogP contribution < -0.4 is 11.3 Å². The normalized spacial score (nSPS) is 12.6. The van der Waals surface area contributed by atoms with E-state index in [1.165, 1.54) is 0 Å². The lowest BCUT2D eigenvalue weighted by molar-refractivity contribution is -0.125. The van der Waals surface area contributed by atoms with Gasteiger partial charge in [0.1, 0.15) is 0 Å². The maximum atomic E-state index is 11.2. The van der Waals surface area contributed by atoms with E-state index in [4.69, 9.17) is 5.84 Å². The fourth-order valence-corrected chi connectivity index (χ4v) is 1.32. The molecule has 0 bridgehead atoms. The molecule has 0 spiro atoms. The van der Waals surface area contributed by atoms with Crippen LogP contribution in [0.15, 0.2) is 0 Å². The van der Waals surface area contributed by atoms with Crippen molar-refractivity contribution >= 4 is 5.91 Å². The highest BCUT2D eigenvalue weighted by molar-refractivity contribution is 5.77. The van der Waals surface area contributed by atoms with E-state index >= 15 is 0 Å². The molecule has 0 saturated carbocycles. The lowest BCUT2D eigenvalue weighted by Gasteiger charge is -2.12. The molecule has 72 valence electrons. The van der Waals surface area contributed by atoms with Crippen molar-refractivity contribution in [2.75, 3.05) is 0 Å². The van der Waals surface area contributed by atoms with Crippen molar-refractivity contribution in [1.29, 1.82) is 0 Å². The number of hydrazine groups is 1. The molecule has 0 fully saturated rings. The van der Waals surface area contributed by atoms with Gasteiger partial charge in [-0.05, 0) is 12.8 Å². The van der Waals surface area contributed by atoms with Gasteiger partial charge in [0.2, 0.25) is 5.91 Å². The van der Waals surface area contributed by atoms with Gasteiger partial charge in [-0.2, -0.15) is 0 Å². The SMILES string of the molecule is CCCCC(CCC)C(=O)NN. The summed E-state index contributed by atoms with van der Waals surface area (Å²) >= 11 is 0. The molecule has 0 radical (unpaired) electrons. The lowest BCUT2D eigenvalue weighted by Crippen LogP contribution is -2.35. The Morgan fingerprint density at radius 3 is 2.42 bits per heavy atom. The monoisotopic (exact) mass is 172 g/mol. The maximum Gasteiger partial charge on any atom is 0.236 e. The van der Waals surface area contributed by atoms with Crippen molar-refractivity contribution in [3.63, 3.8) is 0 Å². The van der Waals surface area contributed by atoms with Gasteiger partial charge in [-0.3, -0.25) is 10.2 Å². The Balaban J connectivity index is 3.76. The van der Waals surface area contributed by atoms with Crippen LogP contribution in [0.4, 0.5) is 0 Å². The summed E-state index contributed by atoms with van der Waals surface area (Å²) < 4.78 is 0. The average molecular weight is 172 g/mol. The summed E-state index contributed by atoms with van der Waals surface area (Å²) in [5.41, 5.74) is 2.22. The van der Waals surface area contributed by atoms with E-state index in [0.717, 1.165) is 32.1 Å². The van der Waals surface area contributed by atoms with E-state index in [1.54, 1.807) is 0 Å². The Labute approximate surface area is 74.7 Å². The summed E-state index contributed by atoms with van der Waals surface area (Å²) in [6.07, 6.45) is 5.20. The predicted molar refractivity (Wildman–Crippen MR) is 50.3 cm³/mol. The molecular weight excluding hydrogens is 152 g/mol. The average Bonchev–Trinajstić information content (AvgIpc) is 2.11. The van der Waals surface area contributed by atoms with Crippen LogP contribution in [0.3, 0.4) is 0 Å². The van der Waals surface area contributed by atoms with Crippen molar-refractivity contribution in [1.82, 2.24) is 5.43 Å². The molecule has 3 nitrogen and oxygen atoms in total. The Bertz CT molecular complexity index is 126. The number of hydrogen-bond donors (Lipinski definition) is 2. The van der Waals surface area contributed by atoms with Crippen molar-refractivity contribution < 1.29 is 4.79 Å². The molecule has 3 heteroatoms. The Kier molecular flexibility index (Phi) is 6.76. The number of nitrogens with two attached hydrogens (primary N) is 1. The van der Waals surface area contributed by atoms with E-state index in [0.29, 0.717) is 0 Å². The molecule has 0 rings (SSSR count).